The molecule has 2 nitrogen and oxygen atoms in total. The van der Waals surface area contributed by atoms with Crippen LogP contribution in [0.2, 0.25) is 0 Å². The Morgan fingerprint density at radius 1 is 1.57 bits per heavy atom. The molecule has 1 aliphatic carbocycles. The summed E-state index contributed by atoms with van der Waals surface area (Å²) in [5.41, 5.74) is 0.962. The number of nitrogens with zero attached hydrogens (tertiary/aromatic N) is 1. The lowest BCUT2D eigenvalue weighted by Gasteiger charge is -2.11. The van der Waals surface area contributed by atoms with Crippen molar-refractivity contribution in [2.75, 3.05) is 0 Å². The lowest BCUT2D eigenvalue weighted by Crippen LogP contribution is -2.15. The summed E-state index contributed by atoms with van der Waals surface area (Å²) in [6, 6.07) is 1.91. The second-order valence-electron chi connectivity index (χ2n) is 4.21. The molecule has 0 bridgehead atoms. The molecule has 1 aliphatic rings. The van der Waals surface area contributed by atoms with Gasteiger partial charge in [0.2, 0.25) is 0 Å². The summed E-state index contributed by atoms with van der Waals surface area (Å²) in [5.74, 6) is 1.14. The molecule has 2 unspecified atom stereocenters. The monoisotopic (exact) mass is 209 g/mol. The molecular weight excluding hydrogens is 194 g/mol. The molecular formula is C11H15NOS. The van der Waals surface area contributed by atoms with Crippen molar-refractivity contribution in [3.8, 4) is 0 Å². The van der Waals surface area contributed by atoms with Gasteiger partial charge in [-0.25, -0.2) is 0 Å². The van der Waals surface area contributed by atoms with Crippen LogP contribution >= 0.6 is 11.5 Å². The average molecular weight is 209 g/mol. The van der Waals surface area contributed by atoms with Gasteiger partial charge in [0.25, 0.3) is 0 Å². The van der Waals surface area contributed by atoms with Crippen molar-refractivity contribution >= 4 is 17.3 Å². The van der Waals surface area contributed by atoms with E-state index in [1.165, 1.54) is 24.4 Å². The SMILES string of the molecule is Cc1cc(C(=O)C2CCCC2C)sn1. The first kappa shape index (κ1) is 9.84. The minimum Gasteiger partial charge on any atom is -0.293 e. The molecule has 0 saturated heterocycles. The van der Waals surface area contributed by atoms with Crippen molar-refractivity contribution < 1.29 is 4.79 Å². The highest BCUT2D eigenvalue weighted by Crippen LogP contribution is 2.34. The van der Waals surface area contributed by atoms with E-state index in [4.69, 9.17) is 0 Å². The third-order valence-electron chi connectivity index (χ3n) is 3.07. The molecule has 0 spiro atoms. The van der Waals surface area contributed by atoms with E-state index < -0.39 is 0 Å². The predicted octanol–water partition coefficient (Wildman–Crippen LogP) is 3.07. The largest absolute Gasteiger partial charge is 0.293 e. The van der Waals surface area contributed by atoms with Crippen LogP contribution in [0.25, 0.3) is 0 Å². The highest BCUT2D eigenvalue weighted by molar-refractivity contribution is 7.08. The smallest absolute Gasteiger partial charge is 0.177 e. The van der Waals surface area contributed by atoms with E-state index in [1.807, 2.05) is 13.0 Å². The zero-order valence-electron chi connectivity index (χ0n) is 8.62. The van der Waals surface area contributed by atoms with Crippen molar-refractivity contribution in [1.82, 2.24) is 4.37 Å². The number of hydrogen-bond acceptors (Lipinski definition) is 3. The zero-order valence-corrected chi connectivity index (χ0v) is 9.43. The number of rotatable bonds is 2. The van der Waals surface area contributed by atoms with Crippen molar-refractivity contribution in [3.05, 3.63) is 16.6 Å². The van der Waals surface area contributed by atoms with E-state index in [0.717, 1.165) is 17.0 Å². The summed E-state index contributed by atoms with van der Waals surface area (Å²) in [7, 11) is 0. The highest BCUT2D eigenvalue weighted by atomic mass is 32.1. The van der Waals surface area contributed by atoms with Crippen molar-refractivity contribution in [2.45, 2.75) is 33.1 Å². The Labute approximate surface area is 88.5 Å². The van der Waals surface area contributed by atoms with Gasteiger partial charge in [0.1, 0.15) is 0 Å². The first-order valence-corrected chi connectivity index (χ1v) is 5.93. The Hall–Kier alpha value is -0.700. The first-order valence-electron chi connectivity index (χ1n) is 5.16. The van der Waals surface area contributed by atoms with Gasteiger partial charge in [0.05, 0.1) is 10.6 Å². The third-order valence-corrected chi connectivity index (χ3v) is 3.96. The molecule has 0 amide bonds. The maximum atomic E-state index is 12.0. The molecule has 0 N–H and O–H groups in total. The number of ketones is 1. The van der Waals surface area contributed by atoms with Gasteiger partial charge in [0.15, 0.2) is 5.78 Å². The minimum atomic E-state index is 0.259. The van der Waals surface area contributed by atoms with E-state index in [0.29, 0.717) is 11.7 Å². The summed E-state index contributed by atoms with van der Waals surface area (Å²) in [4.78, 5) is 12.9. The van der Waals surface area contributed by atoms with Crippen LogP contribution in [0.4, 0.5) is 0 Å². The normalized spacial score (nSPS) is 26.7. The molecule has 14 heavy (non-hydrogen) atoms. The van der Waals surface area contributed by atoms with Crippen LogP contribution in [0.3, 0.4) is 0 Å². The van der Waals surface area contributed by atoms with Crippen molar-refractivity contribution in [1.29, 1.82) is 0 Å². The van der Waals surface area contributed by atoms with Crippen LogP contribution in [0.15, 0.2) is 6.07 Å². The van der Waals surface area contributed by atoms with Crippen molar-refractivity contribution in [2.24, 2.45) is 11.8 Å². The summed E-state index contributed by atoms with van der Waals surface area (Å²) in [6.07, 6.45) is 3.47. The van der Waals surface area contributed by atoms with E-state index in [2.05, 4.69) is 11.3 Å². The zero-order chi connectivity index (χ0) is 10.1. The lowest BCUT2D eigenvalue weighted by molar-refractivity contribution is 0.0901. The van der Waals surface area contributed by atoms with Crippen LogP contribution in [0.1, 0.15) is 41.6 Å². The number of carbonyl (C=O) groups is 1. The van der Waals surface area contributed by atoms with Crippen molar-refractivity contribution in [3.63, 3.8) is 0 Å². The number of carbonyl (C=O) groups excluding carboxylic acids is 1. The molecule has 3 heteroatoms. The fourth-order valence-corrected chi connectivity index (χ4v) is 2.96. The fraction of sp³-hybridized carbons (Fsp3) is 0.636. The quantitative estimate of drug-likeness (QED) is 0.701. The molecule has 2 rings (SSSR count). The number of hydrogen-bond donors (Lipinski definition) is 0. The molecule has 1 heterocycles. The molecule has 0 radical (unpaired) electrons. The van der Waals surface area contributed by atoms with Gasteiger partial charge in [0, 0.05) is 5.92 Å². The topological polar surface area (TPSA) is 30.0 Å². The Bertz CT molecular complexity index is 345. The Balaban J connectivity index is 2.15. The van der Waals surface area contributed by atoms with Gasteiger partial charge in [-0.3, -0.25) is 4.79 Å². The van der Waals surface area contributed by atoms with E-state index in [-0.39, 0.29) is 5.92 Å². The molecule has 1 aromatic rings. The number of aryl methyl sites for hydroxylation is 1. The van der Waals surface area contributed by atoms with Crippen LogP contribution in [-0.2, 0) is 0 Å². The molecule has 1 saturated carbocycles. The summed E-state index contributed by atoms with van der Waals surface area (Å²) < 4.78 is 4.15. The van der Waals surface area contributed by atoms with Gasteiger partial charge in [-0.1, -0.05) is 13.3 Å². The fourth-order valence-electron chi connectivity index (χ4n) is 2.20. The second kappa shape index (κ2) is 3.81. The second-order valence-corrected chi connectivity index (χ2v) is 5.02. The molecule has 2 atom stereocenters. The van der Waals surface area contributed by atoms with E-state index in [1.54, 1.807) is 0 Å². The molecule has 1 aromatic heterocycles. The third kappa shape index (κ3) is 1.73. The lowest BCUT2D eigenvalue weighted by atomic mass is 9.93. The van der Waals surface area contributed by atoms with Crippen LogP contribution in [-0.4, -0.2) is 10.2 Å². The Kier molecular flexibility index (Phi) is 2.68. The van der Waals surface area contributed by atoms with Gasteiger partial charge >= 0.3 is 0 Å². The summed E-state index contributed by atoms with van der Waals surface area (Å²) in [5, 5.41) is 0. The van der Waals surface area contributed by atoms with Gasteiger partial charge in [-0.15, -0.1) is 0 Å². The Morgan fingerprint density at radius 3 is 2.86 bits per heavy atom. The average Bonchev–Trinajstić information content (AvgIpc) is 2.73. The first-order chi connectivity index (χ1) is 6.68. The number of aromatic nitrogens is 1. The summed E-state index contributed by atoms with van der Waals surface area (Å²) >= 11 is 1.35. The van der Waals surface area contributed by atoms with Crippen LogP contribution < -0.4 is 0 Å². The minimum absolute atomic E-state index is 0.259. The Morgan fingerprint density at radius 2 is 2.36 bits per heavy atom. The molecule has 76 valence electrons. The van der Waals surface area contributed by atoms with E-state index >= 15 is 0 Å². The molecule has 0 aromatic carbocycles. The maximum absolute atomic E-state index is 12.0. The molecule has 0 aliphatic heterocycles. The van der Waals surface area contributed by atoms with Crippen LogP contribution in [0, 0.1) is 18.8 Å². The van der Waals surface area contributed by atoms with E-state index in [9.17, 15) is 4.79 Å². The molecule has 1 fully saturated rings. The maximum Gasteiger partial charge on any atom is 0.177 e. The van der Waals surface area contributed by atoms with Crippen LogP contribution in [0.5, 0.6) is 0 Å². The van der Waals surface area contributed by atoms with Gasteiger partial charge in [-0.05, 0) is 43.3 Å². The summed E-state index contributed by atoms with van der Waals surface area (Å²) in [6.45, 7) is 4.12. The number of Topliss-reactive ketones (excluding diaryl/α,β-unsaturated/α-hetero) is 1. The predicted molar refractivity (Wildman–Crippen MR) is 57.7 cm³/mol. The van der Waals surface area contributed by atoms with Gasteiger partial charge in [-0.2, -0.15) is 4.37 Å². The standard InChI is InChI=1S/C11H15NOS/c1-7-4-3-5-9(7)11(13)10-6-8(2)12-14-10/h6-7,9H,3-5H2,1-2H3. The highest BCUT2D eigenvalue weighted by Gasteiger charge is 2.31. The van der Waals surface area contributed by atoms with Gasteiger partial charge < -0.3 is 0 Å².